The van der Waals surface area contributed by atoms with Crippen LogP contribution >= 0.6 is 12.6 Å². The van der Waals surface area contributed by atoms with E-state index in [0.29, 0.717) is 0 Å². The third-order valence-electron chi connectivity index (χ3n) is 3.61. The Labute approximate surface area is 97.8 Å². The van der Waals surface area contributed by atoms with Crippen molar-refractivity contribution < 1.29 is 0 Å². The summed E-state index contributed by atoms with van der Waals surface area (Å²) in [6.07, 6.45) is 4.59. The van der Waals surface area contributed by atoms with Crippen LogP contribution in [0.3, 0.4) is 0 Å². The van der Waals surface area contributed by atoms with Gasteiger partial charge in [0, 0.05) is 25.7 Å². The Bertz CT molecular complexity index is 320. The zero-order chi connectivity index (χ0) is 11.2. The summed E-state index contributed by atoms with van der Waals surface area (Å²) < 4.78 is 0. The Morgan fingerprint density at radius 3 is 2.67 bits per heavy atom. The van der Waals surface area contributed by atoms with Crippen LogP contribution in [0.1, 0.15) is 6.92 Å². The highest BCUT2D eigenvalue weighted by atomic mass is 32.1. The van der Waals surface area contributed by atoms with Crippen molar-refractivity contribution in [2.24, 2.45) is 17.8 Å². The lowest BCUT2D eigenvalue weighted by atomic mass is 10.0. The van der Waals surface area contributed by atoms with Crippen LogP contribution in [-0.4, -0.2) is 31.4 Å². The summed E-state index contributed by atoms with van der Waals surface area (Å²) in [5.74, 6) is 2.29. The van der Waals surface area contributed by atoms with Gasteiger partial charge in [-0.3, -0.25) is 0 Å². The number of allylic oxidation sites excluding steroid dienone is 2. The van der Waals surface area contributed by atoms with Gasteiger partial charge < -0.3 is 10.2 Å². The first-order valence-corrected chi connectivity index (χ1v) is 6.04. The van der Waals surface area contributed by atoms with Gasteiger partial charge in [0.05, 0.1) is 5.37 Å². The van der Waals surface area contributed by atoms with Gasteiger partial charge in [-0.15, -0.1) is 0 Å². The van der Waals surface area contributed by atoms with E-state index in [4.69, 9.17) is 0 Å². The molecule has 0 radical (unpaired) electrons. The summed E-state index contributed by atoms with van der Waals surface area (Å²) in [6.45, 7) is 2.33. The Morgan fingerprint density at radius 1 is 1.47 bits per heavy atom. The zero-order valence-electron chi connectivity index (χ0n) is 9.86. The quantitative estimate of drug-likeness (QED) is 0.561. The van der Waals surface area contributed by atoms with Crippen molar-refractivity contribution in [2.75, 3.05) is 21.1 Å². The van der Waals surface area contributed by atoms with Crippen LogP contribution in [0.15, 0.2) is 23.4 Å². The molecule has 1 fully saturated rings. The SMILES string of the molecule is CNC(S)C1=C(N(C)C)C2[C@@H](C)[C@@H]2C=C1. The second-order valence-electron chi connectivity index (χ2n) is 4.75. The number of rotatable bonds is 3. The predicted molar refractivity (Wildman–Crippen MR) is 67.8 cm³/mol. The fraction of sp³-hybridized carbons (Fsp3) is 0.667. The van der Waals surface area contributed by atoms with E-state index >= 15 is 0 Å². The standard InChI is InChI=1S/C12H20N2S/c1-7-8-5-6-9(12(15)13-2)11(10(7)8)14(3)4/h5-8,10,12-13,15H,1-4H3/t7-,8-,10?,12?/m0/s1. The van der Waals surface area contributed by atoms with Gasteiger partial charge in [0.2, 0.25) is 0 Å². The number of thiol groups is 1. The maximum atomic E-state index is 4.57. The molecular weight excluding hydrogens is 204 g/mol. The van der Waals surface area contributed by atoms with Crippen LogP contribution in [0.5, 0.6) is 0 Å². The van der Waals surface area contributed by atoms with Crippen molar-refractivity contribution >= 4 is 12.6 Å². The predicted octanol–water partition coefficient (Wildman–Crippen LogP) is 1.73. The van der Waals surface area contributed by atoms with E-state index in [-0.39, 0.29) is 5.37 Å². The number of fused-ring (bicyclic) bond motifs is 1. The number of hydrogen-bond donors (Lipinski definition) is 2. The Kier molecular flexibility index (Phi) is 2.86. The molecule has 2 unspecified atom stereocenters. The maximum absolute atomic E-state index is 4.57. The molecule has 0 aromatic carbocycles. The van der Waals surface area contributed by atoms with Gasteiger partial charge in [0.15, 0.2) is 0 Å². The fourth-order valence-electron chi connectivity index (χ4n) is 2.66. The molecule has 0 spiro atoms. The van der Waals surface area contributed by atoms with E-state index in [9.17, 15) is 0 Å². The van der Waals surface area contributed by atoms with Gasteiger partial charge >= 0.3 is 0 Å². The molecule has 4 atom stereocenters. The molecule has 0 heterocycles. The molecule has 0 saturated heterocycles. The van der Waals surface area contributed by atoms with Gasteiger partial charge in [-0.1, -0.05) is 19.1 Å². The highest BCUT2D eigenvalue weighted by molar-refractivity contribution is 7.81. The Balaban J connectivity index is 2.34. The molecule has 84 valence electrons. The molecule has 3 heteroatoms. The van der Waals surface area contributed by atoms with Gasteiger partial charge in [0.1, 0.15) is 0 Å². The molecule has 0 bridgehead atoms. The summed E-state index contributed by atoms with van der Waals surface area (Å²) in [5, 5.41) is 3.35. The number of likely N-dealkylation sites (N-methyl/N-ethyl adjacent to an activating group) is 1. The monoisotopic (exact) mass is 224 g/mol. The Hall–Kier alpha value is -0.410. The average Bonchev–Trinajstić information content (AvgIpc) is 2.87. The topological polar surface area (TPSA) is 15.3 Å². The molecular formula is C12H20N2S. The van der Waals surface area contributed by atoms with Crippen molar-refractivity contribution in [1.82, 2.24) is 10.2 Å². The molecule has 0 aromatic rings. The molecule has 2 nitrogen and oxygen atoms in total. The molecule has 1 N–H and O–H groups in total. The van der Waals surface area contributed by atoms with E-state index < -0.39 is 0 Å². The first kappa shape index (κ1) is 11.1. The van der Waals surface area contributed by atoms with Crippen molar-refractivity contribution in [2.45, 2.75) is 12.3 Å². The third-order valence-corrected chi connectivity index (χ3v) is 4.14. The molecule has 15 heavy (non-hydrogen) atoms. The lowest BCUT2D eigenvalue weighted by Gasteiger charge is -2.26. The van der Waals surface area contributed by atoms with Crippen LogP contribution in [0, 0.1) is 17.8 Å². The van der Waals surface area contributed by atoms with E-state index in [1.54, 1.807) is 0 Å². The average molecular weight is 224 g/mol. The molecule has 1 saturated carbocycles. The molecule has 2 rings (SSSR count). The summed E-state index contributed by atoms with van der Waals surface area (Å²) >= 11 is 4.57. The minimum absolute atomic E-state index is 0.146. The van der Waals surface area contributed by atoms with Crippen LogP contribution in [0.2, 0.25) is 0 Å². The lowest BCUT2D eigenvalue weighted by Crippen LogP contribution is -2.27. The molecule has 0 amide bonds. The highest BCUT2D eigenvalue weighted by Crippen LogP contribution is 2.55. The van der Waals surface area contributed by atoms with Gasteiger partial charge in [-0.25, -0.2) is 0 Å². The summed E-state index contributed by atoms with van der Waals surface area (Å²) in [5.41, 5.74) is 2.79. The van der Waals surface area contributed by atoms with Crippen LogP contribution in [0.4, 0.5) is 0 Å². The third kappa shape index (κ3) is 1.72. The van der Waals surface area contributed by atoms with Crippen LogP contribution in [-0.2, 0) is 0 Å². The van der Waals surface area contributed by atoms with E-state index in [2.05, 4.69) is 56.0 Å². The molecule has 0 aliphatic heterocycles. The highest BCUT2D eigenvalue weighted by Gasteiger charge is 2.50. The van der Waals surface area contributed by atoms with Crippen molar-refractivity contribution in [3.05, 3.63) is 23.4 Å². The van der Waals surface area contributed by atoms with E-state index in [1.807, 2.05) is 7.05 Å². The van der Waals surface area contributed by atoms with Gasteiger partial charge in [-0.05, 0) is 24.5 Å². The zero-order valence-corrected chi connectivity index (χ0v) is 10.8. The van der Waals surface area contributed by atoms with Gasteiger partial charge in [-0.2, -0.15) is 12.6 Å². The normalized spacial score (nSPS) is 35.1. The first-order chi connectivity index (χ1) is 7.07. The second-order valence-corrected chi connectivity index (χ2v) is 5.26. The van der Waals surface area contributed by atoms with Crippen molar-refractivity contribution in [3.8, 4) is 0 Å². The lowest BCUT2D eigenvalue weighted by molar-refractivity contribution is 0.456. The van der Waals surface area contributed by atoms with Crippen LogP contribution < -0.4 is 5.32 Å². The summed E-state index contributed by atoms with van der Waals surface area (Å²) in [7, 11) is 6.22. The number of hydrogen-bond acceptors (Lipinski definition) is 3. The largest absolute Gasteiger partial charge is 0.380 e. The molecule has 0 aromatic heterocycles. The van der Waals surface area contributed by atoms with Crippen molar-refractivity contribution in [1.29, 1.82) is 0 Å². The second kappa shape index (κ2) is 3.87. The number of nitrogens with zero attached hydrogens (tertiary/aromatic N) is 1. The van der Waals surface area contributed by atoms with E-state index in [0.717, 1.165) is 17.8 Å². The van der Waals surface area contributed by atoms with Crippen LogP contribution in [0.25, 0.3) is 0 Å². The summed E-state index contributed by atoms with van der Waals surface area (Å²) in [6, 6.07) is 0. The number of nitrogens with one attached hydrogen (secondary N) is 1. The van der Waals surface area contributed by atoms with Crippen molar-refractivity contribution in [3.63, 3.8) is 0 Å². The smallest absolute Gasteiger partial charge is 0.0774 e. The maximum Gasteiger partial charge on any atom is 0.0774 e. The van der Waals surface area contributed by atoms with Gasteiger partial charge in [0.25, 0.3) is 0 Å². The molecule has 2 aliphatic carbocycles. The Morgan fingerprint density at radius 2 is 2.13 bits per heavy atom. The van der Waals surface area contributed by atoms with E-state index in [1.165, 1.54) is 11.3 Å². The minimum atomic E-state index is 0.146. The fourth-order valence-corrected chi connectivity index (χ4v) is 2.87. The minimum Gasteiger partial charge on any atom is -0.380 e. The first-order valence-electron chi connectivity index (χ1n) is 5.52. The summed E-state index contributed by atoms with van der Waals surface area (Å²) in [4.78, 5) is 2.25. The molecule has 2 aliphatic rings.